The number of rotatable bonds is 7. The number of unbranched alkanes of at least 4 members (excludes halogenated alkanes) is 2. The summed E-state index contributed by atoms with van der Waals surface area (Å²) in [6, 6.07) is 4.56. The standard InChI is InChI=1S/C16H23F3N2O/c1-3-5-11-21(12-6-4-2)15(22)20-14-10-8-7-9-13(14)16(17,18)19/h7-10H,3-6,11-12H2,1-2H3,(H,20,22). The first-order valence-corrected chi connectivity index (χ1v) is 7.62. The number of hydrogen-bond acceptors (Lipinski definition) is 1. The number of carbonyl (C=O) groups excluding carboxylic acids is 1. The number of alkyl halides is 3. The third-order valence-electron chi connectivity index (χ3n) is 3.32. The Morgan fingerprint density at radius 1 is 1.09 bits per heavy atom. The molecule has 6 heteroatoms. The maximum atomic E-state index is 12.9. The van der Waals surface area contributed by atoms with Gasteiger partial charge in [-0.25, -0.2) is 4.79 Å². The summed E-state index contributed by atoms with van der Waals surface area (Å²) >= 11 is 0. The first kappa shape index (κ1) is 18.3. The molecule has 0 spiro atoms. The van der Waals surface area contributed by atoms with Gasteiger partial charge >= 0.3 is 12.2 Å². The molecule has 0 fully saturated rings. The molecular weight excluding hydrogens is 293 g/mol. The smallest absolute Gasteiger partial charge is 0.325 e. The van der Waals surface area contributed by atoms with E-state index < -0.39 is 17.8 Å². The second-order valence-electron chi connectivity index (χ2n) is 5.17. The maximum Gasteiger partial charge on any atom is 0.418 e. The quantitative estimate of drug-likeness (QED) is 0.742. The van der Waals surface area contributed by atoms with Crippen molar-refractivity contribution in [3.8, 4) is 0 Å². The van der Waals surface area contributed by atoms with E-state index in [-0.39, 0.29) is 5.69 Å². The van der Waals surface area contributed by atoms with Crippen LogP contribution in [-0.4, -0.2) is 24.0 Å². The lowest BCUT2D eigenvalue weighted by molar-refractivity contribution is -0.136. The van der Waals surface area contributed by atoms with E-state index in [1.165, 1.54) is 18.2 Å². The molecule has 1 rings (SSSR count). The summed E-state index contributed by atoms with van der Waals surface area (Å²) in [6.45, 7) is 5.12. The third kappa shape index (κ3) is 5.58. The summed E-state index contributed by atoms with van der Waals surface area (Å²) in [5.41, 5.74) is -1.02. The summed E-state index contributed by atoms with van der Waals surface area (Å²) in [5, 5.41) is 2.40. The molecule has 0 saturated heterocycles. The van der Waals surface area contributed by atoms with Crippen molar-refractivity contribution in [2.45, 2.75) is 45.7 Å². The van der Waals surface area contributed by atoms with Crippen LogP contribution in [0.5, 0.6) is 0 Å². The molecule has 0 aliphatic heterocycles. The number of nitrogens with one attached hydrogen (secondary N) is 1. The van der Waals surface area contributed by atoms with E-state index in [9.17, 15) is 18.0 Å². The average Bonchev–Trinajstić information content (AvgIpc) is 2.46. The van der Waals surface area contributed by atoms with E-state index in [1.54, 1.807) is 4.90 Å². The molecule has 1 aromatic rings. The lowest BCUT2D eigenvalue weighted by atomic mass is 10.1. The van der Waals surface area contributed by atoms with Gasteiger partial charge in [0.25, 0.3) is 0 Å². The van der Waals surface area contributed by atoms with Crippen LogP contribution < -0.4 is 5.32 Å². The van der Waals surface area contributed by atoms with Crippen molar-refractivity contribution in [3.05, 3.63) is 29.8 Å². The lowest BCUT2D eigenvalue weighted by Gasteiger charge is -2.24. The van der Waals surface area contributed by atoms with Crippen LogP contribution in [0.3, 0.4) is 0 Å². The summed E-state index contributed by atoms with van der Waals surface area (Å²) in [6.07, 6.45) is -0.971. The van der Waals surface area contributed by atoms with Gasteiger partial charge in [0.15, 0.2) is 0 Å². The van der Waals surface area contributed by atoms with Gasteiger partial charge in [0.1, 0.15) is 0 Å². The number of halogens is 3. The van der Waals surface area contributed by atoms with Crippen molar-refractivity contribution in [3.63, 3.8) is 0 Å². The van der Waals surface area contributed by atoms with Crippen LogP contribution >= 0.6 is 0 Å². The Labute approximate surface area is 129 Å². The van der Waals surface area contributed by atoms with Crippen LogP contribution in [0.15, 0.2) is 24.3 Å². The summed E-state index contributed by atoms with van der Waals surface area (Å²) < 4.78 is 38.8. The number of nitrogens with zero attached hydrogens (tertiary/aromatic N) is 1. The highest BCUT2D eigenvalue weighted by molar-refractivity contribution is 5.90. The van der Waals surface area contributed by atoms with Crippen molar-refractivity contribution in [2.24, 2.45) is 0 Å². The monoisotopic (exact) mass is 316 g/mol. The molecule has 0 saturated carbocycles. The minimum absolute atomic E-state index is 0.196. The molecule has 0 unspecified atom stereocenters. The fourth-order valence-corrected chi connectivity index (χ4v) is 2.05. The van der Waals surface area contributed by atoms with Crippen molar-refractivity contribution in [1.29, 1.82) is 0 Å². The fraction of sp³-hybridized carbons (Fsp3) is 0.562. The minimum Gasteiger partial charge on any atom is -0.325 e. The Kier molecular flexibility index (Phi) is 7.21. The fourth-order valence-electron chi connectivity index (χ4n) is 2.05. The number of carbonyl (C=O) groups is 1. The van der Waals surface area contributed by atoms with Crippen LogP contribution in [0.4, 0.5) is 23.7 Å². The predicted octanol–water partition coefficient (Wildman–Crippen LogP) is 5.14. The molecule has 0 radical (unpaired) electrons. The molecule has 3 nitrogen and oxygen atoms in total. The molecule has 0 atom stereocenters. The number of urea groups is 1. The van der Waals surface area contributed by atoms with E-state index in [0.29, 0.717) is 13.1 Å². The molecule has 1 N–H and O–H groups in total. The van der Waals surface area contributed by atoms with Crippen molar-refractivity contribution >= 4 is 11.7 Å². The Morgan fingerprint density at radius 2 is 1.64 bits per heavy atom. The predicted molar refractivity (Wildman–Crippen MR) is 81.9 cm³/mol. The molecule has 0 bridgehead atoms. The molecule has 0 aliphatic rings. The number of amides is 2. The maximum absolute atomic E-state index is 12.9. The number of benzene rings is 1. The molecule has 2 amide bonds. The summed E-state index contributed by atoms with van der Waals surface area (Å²) in [7, 11) is 0. The van der Waals surface area contributed by atoms with Gasteiger partial charge in [0, 0.05) is 13.1 Å². The topological polar surface area (TPSA) is 32.3 Å². The Balaban J connectivity index is 2.84. The summed E-state index contributed by atoms with van der Waals surface area (Å²) in [5.74, 6) is 0. The summed E-state index contributed by atoms with van der Waals surface area (Å²) in [4.78, 5) is 13.8. The van der Waals surface area contributed by atoms with Gasteiger partial charge in [-0.1, -0.05) is 38.8 Å². The normalized spacial score (nSPS) is 11.3. The second kappa shape index (κ2) is 8.66. The van der Waals surface area contributed by atoms with Gasteiger partial charge in [-0.15, -0.1) is 0 Å². The minimum atomic E-state index is -4.48. The van der Waals surface area contributed by atoms with Crippen LogP contribution in [-0.2, 0) is 6.18 Å². The molecule has 1 aromatic carbocycles. The average molecular weight is 316 g/mol. The number of hydrogen-bond donors (Lipinski definition) is 1. The van der Waals surface area contributed by atoms with Gasteiger partial charge < -0.3 is 10.2 Å². The lowest BCUT2D eigenvalue weighted by Crippen LogP contribution is -2.37. The van der Waals surface area contributed by atoms with Crippen LogP contribution in [0.1, 0.15) is 45.1 Å². The number of para-hydroxylation sites is 1. The first-order valence-electron chi connectivity index (χ1n) is 7.62. The molecule has 124 valence electrons. The van der Waals surface area contributed by atoms with Crippen LogP contribution in [0.2, 0.25) is 0 Å². The zero-order valence-electron chi connectivity index (χ0n) is 13.0. The van der Waals surface area contributed by atoms with Gasteiger partial charge in [-0.2, -0.15) is 13.2 Å². The van der Waals surface area contributed by atoms with Crippen molar-refractivity contribution in [2.75, 3.05) is 18.4 Å². The Bertz CT molecular complexity index is 467. The molecule has 22 heavy (non-hydrogen) atoms. The van der Waals surface area contributed by atoms with E-state index in [4.69, 9.17) is 0 Å². The third-order valence-corrected chi connectivity index (χ3v) is 3.32. The zero-order chi connectivity index (χ0) is 16.6. The highest BCUT2D eigenvalue weighted by Gasteiger charge is 2.33. The molecule has 0 heterocycles. The van der Waals surface area contributed by atoms with E-state index >= 15 is 0 Å². The van der Waals surface area contributed by atoms with E-state index in [2.05, 4.69) is 5.32 Å². The largest absolute Gasteiger partial charge is 0.418 e. The van der Waals surface area contributed by atoms with Crippen LogP contribution in [0.25, 0.3) is 0 Å². The first-order chi connectivity index (χ1) is 10.4. The SMILES string of the molecule is CCCCN(CCCC)C(=O)Nc1ccccc1C(F)(F)F. The molecule has 0 aromatic heterocycles. The van der Waals surface area contributed by atoms with Gasteiger partial charge in [-0.05, 0) is 25.0 Å². The van der Waals surface area contributed by atoms with Gasteiger partial charge in [0.05, 0.1) is 11.3 Å². The molecular formula is C16H23F3N2O. The number of anilines is 1. The van der Waals surface area contributed by atoms with E-state index in [1.807, 2.05) is 13.8 Å². The Morgan fingerprint density at radius 3 is 2.14 bits per heavy atom. The van der Waals surface area contributed by atoms with Crippen molar-refractivity contribution < 1.29 is 18.0 Å². The van der Waals surface area contributed by atoms with E-state index in [0.717, 1.165) is 31.7 Å². The molecule has 0 aliphatic carbocycles. The second-order valence-corrected chi connectivity index (χ2v) is 5.17. The highest BCUT2D eigenvalue weighted by Crippen LogP contribution is 2.34. The van der Waals surface area contributed by atoms with Crippen LogP contribution in [0, 0.1) is 0 Å². The Hall–Kier alpha value is -1.72. The highest BCUT2D eigenvalue weighted by atomic mass is 19.4. The zero-order valence-corrected chi connectivity index (χ0v) is 13.0. The van der Waals surface area contributed by atoms with Gasteiger partial charge in [-0.3, -0.25) is 0 Å². The van der Waals surface area contributed by atoms with Gasteiger partial charge in [0.2, 0.25) is 0 Å². The van der Waals surface area contributed by atoms with Crippen molar-refractivity contribution in [1.82, 2.24) is 4.90 Å².